The SMILES string of the molecule is CC(=O)C1=C(O[PH](=O)Oc2ccc(Cl)cc2Cl)CC2[C@@H]([C@@H](C)O)C(=O)N12. The first-order valence-corrected chi connectivity index (χ1v) is 9.78. The maximum Gasteiger partial charge on any atom is 0.418 e. The van der Waals surface area contributed by atoms with Crippen LogP contribution in [0.1, 0.15) is 20.3 Å². The molecule has 10 heteroatoms. The molecule has 7 nitrogen and oxygen atoms in total. The molecular formula is C16H16Cl2NO6P. The summed E-state index contributed by atoms with van der Waals surface area (Å²) in [5.74, 6) is -1.11. The number of halogens is 2. The van der Waals surface area contributed by atoms with Gasteiger partial charge in [-0.1, -0.05) is 23.2 Å². The number of aliphatic hydroxyl groups is 1. The van der Waals surface area contributed by atoms with Crippen molar-refractivity contribution in [3.63, 3.8) is 0 Å². The number of Topliss-reactive ketones (excluding diaryl/α,β-unsaturated/α-hetero) is 1. The summed E-state index contributed by atoms with van der Waals surface area (Å²) < 4.78 is 22.8. The smallest absolute Gasteiger partial charge is 0.418 e. The second kappa shape index (κ2) is 7.24. The number of aliphatic hydroxyl groups excluding tert-OH is 1. The average molecular weight is 420 g/mol. The molecule has 26 heavy (non-hydrogen) atoms. The van der Waals surface area contributed by atoms with Gasteiger partial charge >= 0.3 is 8.25 Å². The van der Waals surface area contributed by atoms with Gasteiger partial charge in [-0.3, -0.25) is 9.59 Å². The molecule has 1 aromatic rings. The quantitative estimate of drug-likeness (QED) is 0.562. The van der Waals surface area contributed by atoms with Crippen LogP contribution < -0.4 is 4.52 Å². The predicted octanol–water partition coefficient (Wildman–Crippen LogP) is 3.19. The molecule has 140 valence electrons. The van der Waals surface area contributed by atoms with Gasteiger partial charge in [0, 0.05) is 18.4 Å². The van der Waals surface area contributed by atoms with Crippen molar-refractivity contribution in [3.05, 3.63) is 39.7 Å². The number of nitrogens with zero attached hydrogens (tertiary/aromatic N) is 1. The van der Waals surface area contributed by atoms with Crippen molar-refractivity contribution in [1.29, 1.82) is 0 Å². The minimum Gasteiger partial charge on any atom is -0.420 e. The van der Waals surface area contributed by atoms with Gasteiger partial charge in [0.05, 0.1) is 23.1 Å². The molecule has 0 bridgehead atoms. The highest BCUT2D eigenvalue weighted by atomic mass is 35.5. The minimum atomic E-state index is -3.09. The lowest BCUT2D eigenvalue weighted by atomic mass is 9.83. The van der Waals surface area contributed by atoms with E-state index in [0.29, 0.717) is 5.02 Å². The van der Waals surface area contributed by atoms with Crippen LogP contribution in [-0.4, -0.2) is 33.8 Å². The Morgan fingerprint density at radius 1 is 1.38 bits per heavy atom. The molecule has 0 aliphatic carbocycles. The van der Waals surface area contributed by atoms with E-state index in [1.165, 1.54) is 36.9 Å². The second-order valence-electron chi connectivity index (χ2n) is 6.10. The lowest BCUT2D eigenvalue weighted by Crippen LogP contribution is -2.61. The molecule has 4 atom stereocenters. The van der Waals surface area contributed by atoms with Gasteiger partial charge in [0.25, 0.3) is 0 Å². The molecule has 0 radical (unpaired) electrons. The summed E-state index contributed by atoms with van der Waals surface area (Å²) in [6, 6.07) is 4.02. The van der Waals surface area contributed by atoms with Crippen LogP contribution in [0.2, 0.25) is 10.0 Å². The highest BCUT2D eigenvalue weighted by Crippen LogP contribution is 2.47. The lowest BCUT2D eigenvalue weighted by Gasteiger charge is -2.44. The van der Waals surface area contributed by atoms with Gasteiger partial charge < -0.3 is 19.1 Å². The van der Waals surface area contributed by atoms with Gasteiger partial charge in [-0.2, -0.15) is 0 Å². The van der Waals surface area contributed by atoms with Crippen LogP contribution in [-0.2, 0) is 18.7 Å². The molecule has 3 rings (SSSR count). The zero-order valence-corrected chi connectivity index (χ0v) is 16.4. The van der Waals surface area contributed by atoms with Crippen LogP contribution in [0.5, 0.6) is 5.75 Å². The summed E-state index contributed by atoms with van der Waals surface area (Å²) in [4.78, 5) is 25.4. The van der Waals surface area contributed by atoms with Gasteiger partial charge in [0.1, 0.15) is 17.2 Å². The van der Waals surface area contributed by atoms with Crippen LogP contribution in [0, 0.1) is 5.92 Å². The van der Waals surface area contributed by atoms with Gasteiger partial charge in [-0.05, 0) is 25.1 Å². The van der Waals surface area contributed by atoms with Crippen LogP contribution in [0.25, 0.3) is 0 Å². The third-order valence-corrected chi connectivity index (χ3v) is 5.65. The normalized spacial score (nSPS) is 24.0. The first kappa shape index (κ1) is 19.2. The maximum absolute atomic E-state index is 12.3. The molecule has 0 spiro atoms. The monoisotopic (exact) mass is 419 g/mol. The summed E-state index contributed by atoms with van der Waals surface area (Å²) in [6.07, 6.45) is -0.665. The van der Waals surface area contributed by atoms with E-state index in [1.54, 1.807) is 0 Å². The van der Waals surface area contributed by atoms with Crippen molar-refractivity contribution < 1.29 is 28.3 Å². The third kappa shape index (κ3) is 3.37. The van der Waals surface area contributed by atoms with Gasteiger partial charge in [-0.25, -0.2) is 4.57 Å². The summed E-state index contributed by atoms with van der Waals surface area (Å²) in [6.45, 7) is 2.80. The van der Waals surface area contributed by atoms with Crippen molar-refractivity contribution in [2.45, 2.75) is 32.4 Å². The third-order valence-electron chi connectivity index (χ3n) is 4.32. The van der Waals surface area contributed by atoms with E-state index in [0.717, 1.165) is 0 Å². The summed E-state index contributed by atoms with van der Waals surface area (Å²) >= 11 is 11.8. The second-order valence-corrected chi connectivity index (χ2v) is 7.85. The van der Waals surface area contributed by atoms with Crippen LogP contribution in [0.4, 0.5) is 0 Å². The predicted molar refractivity (Wildman–Crippen MR) is 95.3 cm³/mol. The molecule has 2 aliphatic heterocycles. The Morgan fingerprint density at radius 2 is 2.08 bits per heavy atom. The molecule has 1 saturated heterocycles. The van der Waals surface area contributed by atoms with E-state index in [-0.39, 0.29) is 46.4 Å². The minimum absolute atomic E-state index is 0.0565. The number of hydrogen-bond donors (Lipinski definition) is 1. The standard InChI is InChI=1S/C16H16Cl2NO6P/c1-7(20)14-11-6-13(15(8(2)21)19(11)16(14)22)25-26(23)24-12-4-3-9(17)5-10(12)18/h3-5,7,11,14,20,26H,6H2,1-2H3/t7-,11?,14-/m1/s1. The highest BCUT2D eigenvalue weighted by Gasteiger charge is 2.56. The van der Waals surface area contributed by atoms with Crippen molar-refractivity contribution in [1.82, 2.24) is 4.90 Å². The molecule has 1 amide bonds. The zero-order valence-electron chi connectivity index (χ0n) is 13.9. The average Bonchev–Trinajstić information content (AvgIpc) is 2.84. The number of carbonyl (C=O) groups is 2. The highest BCUT2D eigenvalue weighted by molar-refractivity contribution is 7.34. The van der Waals surface area contributed by atoms with Crippen LogP contribution in [0.15, 0.2) is 29.7 Å². The number of fused-ring (bicyclic) bond motifs is 1. The zero-order chi connectivity index (χ0) is 19.2. The summed E-state index contributed by atoms with van der Waals surface area (Å²) in [5, 5.41) is 10.3. The van der Waals surface area contributed by atoms with Crippen molar-refractivity contribution in [2.75, 3.05) is 0 Å². The summed E-state index contributed by atoms with van der Waals surface area (Å²) in [7, 11) is -3.09. The topological polar surface area (TPSA) is 93.1 Å². The number of benzene rings is 1. The van der Waals surface area contributed by atoms with Gasteiger partial charge in [-0.15, -0.1) is 0 Å². The van der Waals surface area contributed by atoms with Crippen LogP contribution in [0.3, 0.4) is 0 Å². The van der Waals surface area contributed by atoms with Crippen molar-refractivity contribution >= 4 is 43.1 Å². The Kier molecular flexibility index (Phi) is 5.35. The van der Waals surface area contributed by atoms with E-state index in [4.69, 9.17) is 32.2 Å². The molecule has 2 heterocycles. The Balaban J connectivity index is 1.77. The van der Waals surface area contributed by atoms with E-state index in [9.17, 15) is 19.3 Å². The Bertz CT molecular complexity index is 840. The van der Waals surface area contributed by atoms with E-state index in [2.05, 4.69) is 0 Å². The number of amides is 1. The number of hydrogen-bond acceptors (Lipinski definition) is 6. The number of carbonyl (C=O) groups excluding carboxylic acids is 2. The molecule has 2 aliphatic rings. The van der Waals surface area contributed by atoms with Gasteiger partial charge in [0.2, 0.25) is 5.91 Å². The Morgan fingerprint density at radius 3 is 2.65 bits per heavy atom. The van der Waals surface area contributed by atoms with Crippen molar-refractivity contribution in [2.24, 2.45) is 5.92 Å². The number of rotatable bonds is 6. The number of allylic oxidation sites excluding steroid dienone is 1. The molecular weight excluding hydrogens is 404 g/mol. The molecule has 1 N–H and O–H groups in total. The first-order chi connectivity index (χ1) is 12.2. The first-order valence-electron chi connectivity index (χ1n) is 7.80. The van der Waals surface area contributed by atoms with Crippen LogP contribution >= 0.6 is 31.5 Å². The van der Waals surface area contributed by atoms with E-state index >= 15 is 0 Å². The molecule has 2 unspecified atom stereocenters. The van der Waals surface area contributed by atoms with Gasteiger partial charge in [0.15, 0.2) is 5.78 Å². The molecule has 1 fully saturated rings. The fraction of sp³-hybridized carbons (Fsp3) is 0.375. The fourth-order valence-electron chi connectivity index (χ4n) is 3.24. The summed E-state index contributed by atoms with van der Waals surface area (Å²) in [5.41, 5.74) is 0.0565. The Hall–Kier alpha value is -1.53. The fourth-order valence-corrected chi connectivity index (χ4v) is 4.53. The van der Waals surface area contributed by atoms with E-state index in [1.807, 2.05) is 0 Å². The van der Waals surface area contributed by atoms with E-state index < -0.39 is 20.3 Å². The number of β-lactam (4-membered cyclic amide) rings is 1. The largest absolute Gasteiger partial charge is 0.420 e. The maximum atomic E-state index is 12.3. The molecule has 1 aromatic carbocycles. The number of ketones is 1. The van der Waals surface area contributed by atoms with Crippen molar-refractivity contribution in [3.8, 4) is 5.75 Å². The molecule has 0 saturated carbocycles. The molecule has 0 aromatic heterocycles. The lowest BCUT2D eigenvalue weighted by molar-refractivity contribution is -0.158. The Labute approximate surface area is 160 Å².